The number of nitrogens with two attached hydrogens (primary N) is 1. The van der Waals surface area contributed by atoms with Crippen LogP contribution in [-0.4, -0.2) is 39.5 Å². The van der Waals surface area contributed by atoms with Crippen LogP contribution in [-0.2, 0) is 19.3 Å². The van der Waals surface area contributed by atoms with E-state index in [2.05, 4.69) is 4.84 Å². The van der Waals surface area contributed by atoms with E-state index in [1.807, 2.05) is 19.9 Å². The standard InChI is InChI=1S/C15H23NO6/c1-11(2)14-10-12(4-5-13(14)15(17)18-3)19-6-8-21-22-9-7-20-16/h4-5,10-11H,6-9,16H2,1-3H3. The molecule has 0 aliphatic carbocycles. The molecule has 1 aromatic carbocycles. The van der Waals surface area contributed by atoms with E-state index < -0.39 is 0 Å². The average Bonchev–Trinajstić information content (AvgIpc) is 2.53. The van der Waals surface area contributed by atoms with Gasteiger partial charge in [-0.15, -0.1) is 0 Å². The smallest absolute Gasteiger partial charge is 0.338 e. The van der Waals surface area contributed by atoms with E-state index in [0.717, 1.165) is 5.56 Å². The highest BCUT2D eigenvalue weighted by atomic mass is 17.2. The second-order valence-electron chi connectivity index (χ2n) is 4.76. The molecule has 2 N–H and O–H groups in total. The normalized spacial score (nSPS) is 10.8. The third-order valence-electron chi connectivity index (χ3n) is 2.85. The van der Waals surface area contributed by atoms with E-state index in [0.29, 0.717) is 17.9 Å². The van der Waals surface area contributed by atoms with Gasteiger partial charge in [-0.1, -0.05) is 13.8 Å². The van der Waals surface area contributed by atoms with Crippen LogP contribution in [0.5, 0.6) is 5.75 Å². The molecule has 0 spiro atoms. The lowest BCUT2D eigenvalue weighted by Crippen LogP contribution is -2.12. The highest BCUT2D eigenvalue weighted by Crippen LogP contribution is 2.25. The molecule has 0 aromatic heterocycles. The minimum absolute atomic E-state index is 0.175. The Morgan fingerprint density at radius 2 is 1.82 bits per heavy atom. The second kappa shape index (κ2) is 10.1. The Hall–Kier alpha value is -1.67. The minimum atomic E-state index is -0.353. The molecule has 0 saturated heterocycles. The molecule has 124 valence electrons. The molecule has 0 atom stereocenters. The number of hydrogen-bond donors (Lipinski definition) is 1. The van der Waals surface area contributed by atoms with Gasteiger partial charge in [0.1, 0.15) is 25.6 Å². The summed E-state index contributed by atoms with van der Waals surface area (Å²) in [5.41, 5.74) is 1.42. The van der Waals surface area contributed by atoms with Gasteiger partial charge in [-0.3, -0.25) is 0 Å². The summed E-state index contributed by atoms with van der Waals surface area (Å²) in [6.07, 6.45) is 0. The number of carbonyl (C=O) groups is 1. The monoisotopic (exact) mass is 313 g/mol. The molecule has 1 rings (SSSR count). The molecular weight excluding hydrogens is 290 g/mol. The maximum absolute atomic E-state index is 11.7. The van der Waals surface area contributed by atoms with Crippen LogP contribution in [0.1, 0.15) is 35.7 Å². The van der Waals surface area contributed by atoms with Crippen molar-refractivity contribution in [2.45, 2.75) is 19.8 Å². The zero-order valence-corrected chi connectivity index (χ0v) is 13.2. The second-order valence-corrected chi connectivity index (χ2v) is 4.76. The number of carbonyl (C=O) groups excluding carboxylic acids is 1. The lowest BCUT2D eigenvalue weighted by molar-refractivity contribution is -0.301. The number of methoxy groups -OCH3 is 1. The largest absolute Gasteiger partial charge is 0.491 e. The summed E-state index contributed by atoms with van der Waals surface area (Å²) in [7, 11) is 1.36. The number of rotatable bonds is 10. The highest BCUT2D eigenvalue weighted by Gasteiger charge is 2.15. The number of ether oxygens (including phenoxy) is 2. The van der Waals surface area contributed by atoms with Gasteiger partial charge in [0.15, 0.2) is 0 Å². The van der Waals surface area contributed by atoms with Crippen LogP contribution in [0.2, 0.25) is 0 Å². The summed E-state index contributed by atoms with van der Waals surface area (Å²) in [6, 6.07) is 5.26. The zero-order valence-electron chi connectivity index (χ0n) is 13.2. The van der Waals surface area contributed by atoms with Gasteiger partial charge in [0.2, 0.25) is 0 Å². The molecule has 0 saturated carbocycles. The van der Waals surface area contributed by atoms with Crippen LogP contribution < -0.4 is 10.6 Å². The van der Waals surface area contributed by atoms with Gasteiger partial charge in [-0.25, -0.2) is 20.5 Å². The van der Waals surface area contributed by atoms with Crippen LogP contribution in [0.15, 0.2) is 18.2 Å². The maximum atomic E-state index is 11.7. The van der Waals surface area contributed by atoms with Crippen LogP contribution in [0.4, 0.5) is 0 Å². The molecule has 7 heteroatoms. The first kappa shape index (κ1) is 18.4. The molecular formula is C15H23NO6. The molecule has 7 nitrogen and oxygen atoms in total. The predicted molar refractivity (Wildman–Crippen MR) is 79.4 cm³/mol. The Bertz CT molecular complexity index is 463. The maximum Gasteiger partial charge on any atom is 0.338 e. The van der Waals surface area contributed by atoms with Crippen molar-refractivity contribution in [1.29, 1.82) is 0 Å². The van der Waals surface area contributed by atoms with Crippen LogP contribution in [0.25, 0.3) is 0 Å². The molecule has 1 aromatic rings. The summed E-state index contributed by atoms with van der Waals surface area (Å²) in [4.78, 5) is 25.7. The number of esters is 1. The van der Waals surface area contributed by atoms with Gasteiger partial charge in [0.05, 0.1) is 19.3 Å². The van der Waals surface area contributed by atoms with Crippen LogP contribution in [0, 0.1) is 0 Å². The van der Waals surface area contributed by atoms with Crippen molar-refractivity contribution in [3.05, 3.63) is 29.3 Å². The van der Waals surface area contributed by atoms with Crippen molar-refractivity contribution in [1.82, 2.24) is 0 Å². The molecule has 22 heavy (non-hydrogen) atoms. The van der Waals surface area contributed by atoms with E-state index >= 15 is 0 Å². The average molecular weight is 313 g/mol. The van der Waals surface area contributed by atoms with Gasteiger partial charge in [0.25, 0.3) is 0 Å². The van der Waals surface area contributed by atoms with Gasteiger partial charge in [-0.2, -0.15) is 0 Å². The molecule has 0 amide bonds. The fraction of sp³-hybridized carbons (Fsp3) is 0.533. The number of hydrogen-bond acceptors (Lipinski definition) is 7. The Morgan fingerprint density at radius 3 is 2.41 bits per heavy atom. The SMILES string of the molecule is COC(=O)c1ccc(OCCOOCCON)cc1C(C)C. The van der Waals surface area contributed by atoms with Gasteiger partial charge < -0.3 is 14.3 Å². The topological polar surface area (TPSA) is 89.2 Å². The summed E-state index contributed by atoms with van der Waals surface area (Å²) < 4.78 is 10.3. The predicted octanol–water partition coefficient (Wildman–Crippen LogP) is 1.81. The van der Waals surface area contributed by atoms with E-state index in [-0.39, 0.29) is 31.7 Å². The third-order valence-corrected chi connectivity index (χ3v) is 2.85. The van der Waals surface area contributed by atoms with Crippen LogP contribution in [0.3, 0.4) is 0 Å². The lowest BCUT2D eigenvalue weighted by atomic mass is 9.97. The first-order valence-corrected chi connectivity index (χ1v) is 7.01. The van der Waals surface area contributed by atoms with E-state index in [4.69, 9.17) is 25.1 Å². The van der Waals surface area contributed by atoms with Crippen molar-refractivity contribution >= 4 is 5.97 Å². The summed E-state index contributed by atoms with van der Waals surface area (Å²) in [5, 5.41) is 0. The van der Waals surface area contributed by atoms with Crippen molar-refractivity contribution in [3.8, 4) is 5.75 Å². The van der Waals surface area contributed by atoms with E-state index in [9.17, 15) is 4.79 Å². The summed E-state index contributed by atoms with van der Waals surface area (Å²) >= 11 is 0. The van der Waals surface area contributed by atoms with E-state index in [1.165, 1.54) is 7.11 Å². The molecule has 0 aliphatic rings. The van der Waals surface area contributed by atoms with E-state index in [1.54, 1.807) is 12.1 Å². The quantitative estimate of drug-likeness (QED) is 0.305. The molecule has 0 radical (unpaired) electrons. The zero-order chi connectivity index (χ0) is 16.4. The fourth-order valence-electron chi connectivity index (χ4n) is 1.80. The Kier molecular flexibility index (Phi) is 8.46. The lowest BCUT2D eigenvalue weighted by Gasteiger charge is -2.14. The Balaban J connectivity index is 2.51. The van der Waals surface area contributed by atoms with Crippen molar-refractivity contribution in [3.63, 3.8) is 0 Å². The summed E-state index contributed by atoms with van der Waals surface area (Å²) in [6.45, 7) is 5.10. The highest BCUT2D eigenvalue weighted by molar-refractivity contribution is 5.91. The first-order valence-electron chi connectivity index (χ1n) is 7.01. The van der Waals surface area contributed by atoms with Gasteiger partial charge in [-0.05, 0) is 29.7 Å². The Labute approximate surface area is 130 Å². The van der Waals surface area contributed by atoms with Crippen LogP contribution >= 0.6 is 0 Å². The molecule has 0 unspecified atom stereocenters. The molecule has 0 heterocycles. The first-order chi connectivity index (χ1) is 10.6. The molecule has 0 fully saturated rings. The molecule has 0 aliphatic heterocycles. The number of benzene rings is 1. The molecule has 0 bridgehead atoms. The minimum Gasteiger partial charge on any atom is -0.491 e. The van der Waals surface area contributed by atoms with Crippen molar-refractivity contribution in [2.24, 2.45) is 5.90 Å². The third kappa shape index (κ3) is 5.98. The van der Waals surface area contributed by atoms with Crippen molar-refractivity contribution in [2.75, 3.05) is 33.5 Å². The van der Waals surface area contributed by atoms with Gasteiger partial charge >= 0.3 is 5.97 Å². The van der Waals surface area contributed by atoms with Gasteiger partial charge in [0, 0.05) is 0 Å². The summed E-state index contributed by atoms with van der Waals surface area (Å²) in [5.74, 6) is 5.31. The Morgan fingerprint density at radius 1 is 1.14 bits per heavy atom. The fourth-order valence-corrected chi connectivity index (χ4v) is 1.80. The van der Waals surface area contributed by atoms with Crippen molar-refractivity contribution < 1.29 is 28.9 Å².